The average molecular weight is 303 g/mol. The maximum Gasteiger partial charge on any atom is 0.126 e. The van der Waals surface area contributed by atoms with E-state index in [2.05, 4.69) is 10.00 Å². The summed E-state index contributed by atoms with van der Waals surface area (Å²) in [5.74, 6) is -0.0467. The first-order valence-corrected chi connectivity index (χ1v) is 7.73. The summed E-state index contributed by atoms with van der Waals surface area (Å²) in [6, 6.07) is 6.84. The molecule has 1 aliphatic heterocycles. The highest BCUT2D eigenvalue weighted by molar-refractivity contribution is 5.18. The summed E-state index contributed by atoms with van der Waals surface area (Å²) < 4.78 is 15.5. The van der Waals surface area contributed by atoms with Crippen LogP contribution >= 0.6 is 0 Å². The molecule has 0 saturated carbocycles. The molecule has 0 radical (unpaired) electrons. The van der Waals surface area contributed by atoms with E-state index in [0.29, 0.717) is 18.5 Å². The molecule has 1 aliphatic rings. The van der Waals surface area contributed by atoms with Gasteiger partial charge in [0, 0.05) is 31.9 Å². The lowest BCUT2D eigenvalue weighted by molar-refractivity contribution is 0.0185. The Balaban J connectivity index is 1.57. The number of hydrogen-bond acceptors (Lipinski definition) is 3. The predicted octanol–water partition coefficient (Wildman–Crippen LogP) is 1.98. The third-order valence-corrected chi connectivity index (χ3v) is 4.41. The van der Waals surface area contributed by atoms with Gasteiger partial charge in [-0.1, -0.05) is 18.2 Å². The van der Waals surface area contributed by atoms with Crippen LogP contribution < -0.4 is 0 Å². The molecule has 0 spiro atoms. The zero-order valence-corrected chi connectivity index (χ0v) is 12.8. The van der Waals surface area contributed by atoms with E-state index in [1.54, 1.807) is 10.7 Å². The van der Waals surface area contributed by atoms with Gasteiger partial charge in [0.15, 0.2) is 0 Å². The molecule has 0 unspecified atom stereocenters. The molecule has 0 amide bonds. The van der Waals surface area contributed by atoms with E-state index < -0.39 is 6.10 Å². The second-order valence-electron chi connectivity index (χ2n) is 6.17. The number of likely N-dealkylation sites (tertiary alicyclic amines) is 1. The van der Waals surface area contributed by atoms with Crippen molar-refractivity contribution in [1.82, 2.24) is 14.7 Å². The van der Waals surface area contributed by atoms with Crippen LogP contribution in [0.15, 0.2) is 36.7 Å². The van der Waals surface area contributed by atoms with Crippen LogP contribution in [0.1, 0.15) is 17.5 Å². The van der Waals surface area contributed by atoms with Crippen LogP contribution in [0.3, 0.4) is 0 Å². The van der Waals surface area contributed by atoms with E-state index in [1.165, 1.54) is 6.07 Å². The molecule has 118 valence electrons. The smallest absolute Gasteiger partial charge is 0.126 e. The topological polar surface area (TPSA) is 41.3 Å². The summed E-state index contributed by atoms with van der Waals surface area (Å²) in [5, 5.41) is 14.6. The van der Waals surface area contributed by atoms with Crippen LogP contribution in [0.5, 0.6) is 0 Å². The Morgan fingerprint density at radius 3 is 2.86 bits per heavy atom. The lowest BCUT2D eigenvalue weighted by Crippen LogP contribution is -2.44. The molecular formula is C17H22FN3O. The van der Waals surface area contributed by atoms with Crippen molar-refractivity contribution in [3.05, 3.63) is 53.6 Å². The molecule has 22 heavy (non-hydrogen) atoms. The Morgan fingerprint density at radius 2 is 2.18 bits per heavy atom. The Bertz CT molecular complexity index is 628. The van der Waals surface area contributed by atoms with Gasteiger partial charge in [-0.2, -0.15) is 5.10 Å². The molecule has 0 aliphatic carbocycles. The molecule has 3 rings (SSSR count). The number of benzene rings is 1. The molecule has 2 heterocycles. The molecule has 1 N–H and O–H groups in total. The lowest BCUT2D eigenvalue weighted by atomic mass is 9.87. The zero-order chi connectivity index (χ0) is 15.5. The van der Waals surface area contributed by atoms with Gasteiger partial charge < -0.3 is 5.11 Å². The summed E-state index contributed by atoms with van der Waals surface area (Å²) in [7, 11) is 1.90. The summed E-state index contributed by atoms with van der Waals surface area (Å²) in [6.45, 7) is 2.36. The van der Waals surface area contributed by atoms with Crippen molar-refractivity contribution >= 4 is 0 Å². The third-order valence-electron chi connectivity index (χ3n) is 4.41. The van der Waals surface area contributed by atoms with E-state index in [4.69, 9.17) is 0 Å². The van der Waals surface area contributed by atoms with Crippen molar-refractivity contribution in [2.24, 2.45) is 13.0 Å². The monoisotopic (exact) mass is 303 g/mol. The lowest BCUT2D eigenvalue weighted by Gasteiger charge is -2.35. The molecule has 2 atom stereocenters. The fraction of sp³-hybridized carbons (Fsp3) is 0.471. The highest BCUT2D eigenvalue weighted by atomic mass is 19.1. The third kappa shape index (κ3) is 3.54. The average Bonchev–Trinajstić information content (AvgIpc) is 2.89. The van der Waals surface area contributed by atoms with Gasteiger partial charge >= 0.3 is 0 Å². The standard InChI is InChI=1S/C17H22FN3O/c1-20-10-13(9-19-20)11-21-7-6-15(17(22)12-21)8-14-4-2-3-5-16(14)18/h2-5,9-10,15,17,22H,6-8,11-12H2,1H3/t15-,17+/m1/s1. The Kier molecular flexibility index (Phi) is 4.55. The van der Waals surface area contributed by atoms with Crippen LogP contribution in [0.25, 0.3) is 0 Å². The molecule has 1 fully saturated rings. The van der Waals surface area contributed by atoms with Crippen molar-refractivity contribution in [1.29, 1.82) is 0 Å². The minimum absolute atomic E-state index is 0.127. The molecule has 1 aromatic carbocycles. The summed E-state index contributed by atoms with van der Waals surface area (Å²) >= 11 is 0. The van der Waals surface area contributed by atoms with Gasteiger partial charge in [0.25, 0.3) is 0 Å². The number of rotatable bonds is 4. The number of nitrogens with zero attached hydrogens (tertiary/aromatic N) is 3. The molecule has 5 heteroatoms. The first-order chi connectivity index (χ1) is 10.6. The first kappa shape index (κ1) is 15.2. The van der Waals surface area contributed by atoms with E-state index in [-0.39, 0.29) is 11.7 Å². The fourth-order valence-corrected chi connectivity index (χ4v) is 3.19. The largest absolute Gasteiger partial charge is 0.391 e. The van der Waals surface area contributed by atoms with E-state index in [9.17, 15) is 9.50 Å². The molecule has 1 aromatic heterocycles. The molecular weight excluding hydrogens is 281 g/mol. The van der Waals surface area contributed by atoms with Gasteiger partial charge in [-0.15, -0.1) is 0 Å². The van der Waals surface area contributed by atoms with Crippen molar-refractivity contribution < 1.29 is 9.50 Å². The van der Waals surface area contributed by atoms with Gasteiger partial charge in [-0.05, 0) is 36.9 Å². The first-order valence-electron chi connectivity index (χ1n) is 7.73. The number of aliphatic hydroxyl groups excluding tert-OH is 1. The van der Waals surface area contributed by atoms with Crippen LogP contribution in [0.4, 0.5) is 4.39 Å². The molecule has 1 saturated heterocycles. The number of aliphatic hydroxyl groups is 1. The number of hydrogen-bond donors (Lipinski definition) is 1. The number of aryl methyl sites for hydroxylation is 1. The minimum atomic E-state index is -0.412. The Hall–Kier alpha value is -1.72. The van der Waals surface area contributed by atoms with Gasteiger partial charge in [-0.3, -0.25) is 9.58 Å². The van der Waals surface area contributed by atoms with Crippen molar-refractivity contribution in [3.63, 3.8) is 0 Å². The van der Waals surface area contributed by atoms with E-state index in [1.807, 2.05) is 31.6 Å². The van der Waals surface area contributed by atoms with Crippen LogP contribution in [0, 0.1) is 11.7 Å². The van der Waals surface area contributed by atoms with Crippen molar-refractivity contribution in [2.75, 3.05) is 13.1 Å². The molecule has 4 nitrogen and oxygen atoms in total. The molecule has 2 aromatic rings. The van der Waals surface area contributed by atoms with Crippen LogP contribution in [0.2, 0.25) is 0 Å². The SMILES string of the molecule is Cn1cc(CN2CC[C@H](Cc3ccccc3F)[C@@H](O)C2)cn1. The quantitative estimate of drug-likeness (QED) is 0.939. The van der Waals surface area contributed by atoms with Crippen LogP contribution in [-0.4, -0.2) is 39.0 Å². The van der Waals surface area contributed by atoms with Crippen molar-refractivity contribution in [2.45, 2.75) is 25.5 Å². The maximum absolute atomic E-state index is 13.7. The van der Waals surface area contributed by atoms with Gasteiger partial charge in [0.1, 0.15) is 5.82 Å². The number of halogens is 1. The Labute approximate surface area is 130 Å². The highest BCUT2D eigenvalue weighted by Gasteiger charge is 2.28. The summed E-state index contributed by atoms with van der Waals surface area (Å²) in [6.07, 6.45) is 4.94. The number of β-amino-alcohol motifs (C(OH)–C–C–N with tert-alkyl or cyclic N) is 1. The minimum Gasteiger partial charge on any atom is -0.391 e. The summed E-state index contributed by atoms with van der Waals surface area (Å²) in [4.78, 5) is 2.24. The second kappa shape index (κ2) is 6.58. The van der Waals surface area contributed by atoms with Gasteiger partial charge in [-0.25, -0.2) is 4.39 Å². The van der Waals surface area contributed by atoms with Crippen LogP contribution in [-0.2, 0) is 20.0 Å². The fourth-order valence-electron chi connectivity index (χ4n) is 3.19. The molecule has 0 bridgehead atoms. The highest BCUT2D eigenvalue weighted by Crippen LogP contribution is 2.24. The van der Waals surface area contributed by atoms with E-state index in [0.717, 1.165) is 25.1 Å². The normalized spacial score (nSPS) is 22.9. The number of piperidine rings is 1. The maximum atomic E-state index is 13.7. The zero-order valence-electron chi connectivity index (χ0n) is 12.8. The predicted molar refractivity (Wildman–Crippen MR) is 82.7 cm³/mol. The van der Waals surface area contributed by atoms with Crippen molar-refractivity contribution in [3.8, 4) is 0 Å². The van der Waals surface area contributed by atoms with E-state index >= 15 is 0 Å². The second-order valence-corrected chi connectivity index (χ2v) is 6.17. The Morgan fingerprint density at radius 1 is 1.36 bits per heavy atom. The van der Waals surface area contributed by atoms with Gasteiger partial charge in [0.2, 0.25) is 0 Å². The summed E-state index contributed by atoms with van der Waals surface area (Å²) in [5.41, 5.74) is 1.86. The number of aromatic nitrogens is 2. The van der Waals surface area contributed by atoms with Gasteiger partial charge in [0.05, 0.1) is 12.3 Å².